The van der Waals surface area contributed by atoms with Gasteiger partial charge in [0.15, 0.2) is 11.7 Å². The normalized spacial score (nSPS) is 13.4. The van der Waals surface area contributed by atoms with E-state index in [1.807, 2.05) is 23.1 Å². The first-order valence-electron chi connectivity index (χ1n) is 12.5. The van der Waals surface area contributed by atoms with Crippen molar-refractivity contribution in [3.05, 3.63) is 119 Å². The Balaban J connectivity index is 1.44. The van der Waals surface area contributed by atoms with Crippen LogP contribution >= 0.6 is 0 Å². The molecule has 0 unspecified atom stereocenters. The largest absolute Gasteiger partial charge is 0.457 e. The molecular formula is C30H27N5O5. The number of hydrogen-bond donors (Lipinski definition) is 4. The minimum Gasteiger partial charge on any atom is -0.457 e. The highest BCUT2D eigenvalue weighted by atomic mass is 16.5. The molecule has 0 fully saturated rings. The van der Waals surface area contributed by atoms with Gasteiger partial charge in [0.2, 0.25) is 0 Å². The Morgan fingerprint density at radius 1 is 0.675 bits per heavy atom. The van der Waals surface area contributed by atoms with Crippen LogP contribution in [-0.2, 0) is 13.0 Å². The van der Waals surface area contributed by atoms with Crippen LogP contribution in [0.3, 0.4) is 0 Å². The molecule has 0 saturated carbocycles. The molecular weight excluding hydrogens is 510 g/mol. The summed E-state index contributed by atoms with van der Waals surface area (Å²) in [4.78, 5) is 15.4. The third-order valence-corrected chi connectivity index (χ3v) is 6.53. The number of rotatable bonds is 7. The standard InChI is InChI=1S/C30H27N5O5/c31-28(33-37)20-5-9-24(10-6-20)39-26-15-23(30(36)35-14-13-19-3-1-2-4-22(19)18-35)16-27(17-26)40-25-11-7-21(8-12-25)29(32)34-38/h1-12,15-17,37-38H,13-14,18H2,(H2,31,33)(H2,32,34). The number of hydrogen-bond acceptors (Lipinski definition) is 7. The molecule has 6 N–H and O–H groups in total. The van der Waals surface area contributed by atoms with E-state index in [0.717, 1.165) is 12.0 Å². The maximum absolute atomic E-state index is 13.6. The second-order valence-electron chi connectivity index (χ2n) is 9.16. The molecule has 10 heteroatoms. The summed E-state index contributed by atoms with van der Waals surface area (Å²) in [6, 6.07) is 26.5. The topological polar surface area (TPSA) is 156 Å². The second-order valence-corrected chi connectivity index (χ2v) is 9.16. The third kappa shape index (κ3) is 5.81. The molecule has 1 heterocycles. The molecule has 1 amide bonds. The molecule has 0 saturated heterocycles. The molecule has 0 atom stereocenters. The fourth-order valence-corrected chi connectivity index (χ4v) is 4.44. The molecule has 0 aliphatic carbocycles. The smallest absolute Gasteiger partial charge is 0.254 e. The summed E-state index contributed by atoms with van der Waals surface area (Å²) in [7, 11) is 0. The number of ether oxygens (including phenoxy) is 2. The molecule has 0 spiro atoms. The van der Waals surface area contributed by atoms with E-state index < -0.39 is 0 Å². The van der Waals surface area contributed by atoms with Crippen LogP contribution < -0.4 is 20.9 Å². The van der Waals surface area contributed by atoms with E-state index >= 15 is 0 Å². The van der Waals surface area contributed by atoms with Gasteiger partial charge >= 0.3 is 0 Å². The third-order valence-electron chi connectivity index (χ3n) is 6.53. The molecule has 5 rings (SSSR count). The summed E-state index contributed by atoms with van der Waals surface area (Å²) in [5.74, 6) is 1.58. The summed E-state index contributed by atoms with van der Waals surface area (Å²) in [6.45, 7) is 1.11. The van der Waals surface area contributed by atoms with Crippen LogP contribution in [-0.4, -0.2) is 39.4 Å². The number of fused-ring (bicyclic) bond motifs is 1. The monoisotopic (exact) mass is 537 g/mol. The van der Waals surface area contributed by atoms with Crippen molar-refractivity contribution >= 4 is 17.6 Å². The maximum Gasteiger partial charge on any atom is 0.254 e. The number of amidine groups is 2. The van der Waals surface area contributed by atoms with Crippen molar-refractivity contribution in [2.75, 3.05) is 6.54 Å². The van der Waals surface area contributed by atoms with E-state index in [1.54, 1.807) is 66.7 Å². The maximum atomic E-state index is 13.6. The van der Waals surface area contributed by atoms with E-state index in [2.05, 4.69) is 16.4 Å². The summed E-state index contributed by atoms with van der Waals surface area (Å²) >= 11 is 0. The van der Waals surface area contributed by atoms with Gasteiger partial charge in [0.1, 0.15) is 23.0 Å². The molecule has 1 aliphatic rings. The number of carbonyl (C=O) groups excluding carboxylic acids is 1. The Hall–Kier alpha value is -5.51. The lowest BCUT2D eigenvalue weighted by Crippen LogP contribution is -2.35. The van der Waals surface area contributed by atoms with Crippen molar-refractivity contribution in [2.45, 2.75) is 13.0 Å². The number of oxime groups is 2. The zero-order valence-electron chi connectivity index (χ0n) is 21.4. The number of carbonyl (C=O) groups is 1. The van der Waals surface area contributed by atoms with E-state index in [4.69, 9.17) is 31.4 Å². The predicted molar refractivity (Wildman–Crippen MR) is 149 cm³/mol. The van der Waals surface area contributed by atoms with E-state index in [0.29, 0.717) is 52.8 Å². The Morgan fingerprint density at radius 2 is 1.18 bits per heavy atom. The average molecular weight is 538 g/mol. The fraction of sp³-hybridized carbons (Fsp3) is 0.100. The van der Waals surface area contributed by atoms with Crippen molar-refractivity contribution < 1.29 is 24.7 Å². The molecule has 10 nitrogen and oxygen atoms in total. The van der Waals surface area contributed by atoms with Gasteiger partial charge in [-0.2, -0.15) is 0 Å². The molecule has 0 bridgehead atoms. The number of amides is 1. The Morgan fingerprint density at radius 3 is 1.68 bits per heavy atom. The quantitative estimate of drug-likeness (QED) is 0.116. The summed E-state index contributed by atoms with van der Waals surface area (Å²) in [6.07, 6.45) is 0.778. The Bertz CT molecular complexity index is 1500. The summed E-state index contributed by atoms with van der Waals surface area (Å²) in [5.41, 5.74) is 15.2. The van der Waals surface area contributed by atoms with Crippen LogP contribution in [0.4, 0.5) is 0 Å². The van der Waals surface area contributed by atoms with Crippen LogP contribution in [0, 0.1) is 0 Å². The Kier molecular flexibility index (Phi) is 7.49. The van der Waals surface area contributed by atoms with Gasteiger partial charge in [-0.15, -0.1) is 0 Å². The lowest BCUT2D eigenvalue weighted by Gasteiger charge is -2.29. The number of benzene rings is 4. The van der Waals surface area contributed by atoms with Gasteiger partial charge in [-0.3, -0.25) is 4.79 Å². The van der Waals surface area contributed by atoms with Gasteiger partial charge in [0.25, 0.3) is 5.91 Å². The van der Waals surface area contributed by atoms with Gasteiger partial charge < -0.3 is 36.3 Å². The zero-order chi connectivity index (χ0) is 28.1. The fourth-order valence-electron chi connectivity index (χ4n) is 4.44. The second kappa shape index (κ2) is 11.5. The van der Waals surface area contributed by atoms with Crippen molar-refractivity contribution in [1.29, 1.82) is 0 Å². The molecule has 0 aromatic heterocycles. The highest BCUT2D eigenvalue weighted by Crippen LogP contribution is 2.32. The summed E-state index contributed by atoms with van der Waals surface area (Å²) < 4.78 is 12.1. The van der Waals surface area contributed by atoms with E-state index in [9.17, 15) is 4.79 Å². The van der Waals surface area contributed by atoms with E-state index in [1.165, 1.54) is 5.56 Å². The first-order chi connectivity index (χ1) is 19.4. The van der Waals surface area contributed by atoms with Crippen LogP contribution in [0.25, 0.3) is 0 Å². The van der Waals surface area contributed by atoms with Crippen LogP contribution in [0.5, 0.6) is 23.0 Å². The minimum absolute atomic E-state index is 0.0176. The van der Waals surface area contributed by atoms with Crippen molar-refractivity contribution in [3.8, 4) is 23.0 Å². The average Bonchev–Trinajstić information content (AvgIpc) is 3.00. The Labute approximate surface area is 230 Å². The van der Waals surface area contributed by atoms with Gasteiger partial charge in [-0.25, -0.2) is 0 Å². The first kappa shape index (κ1) is 26.1. The molecule has 4 aromatic rings. The number of nitrogens with two attached hydrogens (primary N) is 2. The zero-order valence-corrected chi connectivity index (χ0v) is 21.4. The van der Waals surface area contributed by atoms with Crippen molar-refractivity contribution in [3.63, 3.8) is 0 Å². The summed E-state index contributed by atoms with van der Waals surface area (Å²) in [5, 5.41) is 23.8. The highest BCUT2D eigenvalue weighted by molar-refractivity contribution is 5.97. The van der Waals surface area contributed by atoms with Crippen LogP contribution in [0.15, 0.2) is 101 Å². The van der Waals surface area contributed by atoms with E-state index in [-0.39, 0.29) is 17.6 Å². The van der Waals surface area contributed by atoms with Gasteiger partial charge in [0, 0.05) is 35.8 Å². The van der Waals surface area contributed by atoms with Crippen molar-refractivity contribution in [2.24, 2.45) is 21.8 Å². The number of nitrogens with zero attached hydrogens (tertiary/aromatic N) is 3. The predicted octanol–water partition coefficient (Wildman–Crippen LogP) is 4.66. The van der Waals surface area contributed by atoms with Gasteiger partial charge in [0.05, 0.1) is 0 Å². The molecule has 0 radical (unpaired) electrons. The van der Waals surface area contributed by atoms with Gasteiger partial charge in [-0.1, -0.05) is 34.6 Å². The van der Waals surface area contributed by atoms with Gasteiger partial charge in [-0.05, 0) is 78.2 Å². The molecule has 40 heavy (non-hydrogen) atoms. The highest BCUT2D eigenvalue weighted by Gasteiger charge is 2.23. The SMILES string of the molecule is NC(=NO)c1ccc(Oc2cc(Oc3ccc(C(N)=NO)cc3)cc(C(=O)N3CCc4ccccc4C3)c2)cc1. The lowest BCUT2D eigenvalue weighted by molar-refractivity contribution is 0.0734. The minimum atomic E-state index is -0.144. The molecule has 1 aliphatic heterocycles. The van der Waals surface area contributed by atoms with Crippen molar-refractivity contribution in [1.82, 2.24) is 4.90 Å². The molecule has 4 aromatic carbocycles. The first-order valence-corrected chi connectivity index (χ1v) is 12.5. The molecule has 202 valence electrons. The van der Waals surface area contributed by atoms with Crippen LogP contribution in [0.1, 0.15) is 32.6 Å². The van der Waals surface area contributed by atoms with Crippen LogP contribution in [0.2, 0.25) is 0 Å². The lowest BCUT2D eigenvalue weighted by atomic mass is 9.99.